The van der Waals surface area contributed by atoms with E-state index in [1.807, 2.05) is 0 Å². The van der Waals surface area contributed by atoms with Crippen LogP contribution in [0.4, 0.5) is 22.5 Å². The largest absolute Gasteiger partial charge is 0.756 e. The first-order valence-electron chi connectivity index (χ1n) is 22.7. The molecule has 0 saturated carbocycles. The summed E-state index contributed by atoms with van der Waals surface area (Å²) in [6, 6.07) is 0. The highest BCUT2D eigenvalue weighted by Crippen LogP contribution is 2.68. The summed E-state index contributed by atoms with van der Waals surface area (Å²) >= 11 is 0. The number of phosphoric acid groups is 4. The van der Waals surface area contributed by atoms with Gasteiger partial charge >= 0.3 is 35.2 Å². The lowest BCUT2D eigenvalue weighted by molar-refractivity contribution is -0.745. The smallest absolute Gasteiger partial charge is 0.490 e. The predicted octanol–water partition coefficient (Wildman–Crippen LogP) is -4.73. The Morgan fingerprint density at radius 2 is 1.38 bits per heavy atom. The van der Waals surface area contributed by atoms with Gasteiger partial charge in [0.25, 0.3) is 24.9 Å². The van der Waals surface area contributed by atoms with Crippen molar-refractivity contribution in [3.63, 3.8) is 0 Å². The topological polar surface area (TPSA) is 583 Å². The molecule has 0 bridgehead atoms. The first-order chi connectivity index (χ1) is 37.6. The van der Waals surface area contributed by atoms with E-state index in [0.29, 0.717) is 0 Å². The van der Waals surface area contributed by atoms with E-state index in [1.165, 1.54) is 34.1 Å². The molecule has 0 radical (unpaired) electrons. The first kappa shape index (κ1) is 58.8. The van der Waals surface area contributed by atoms with Gasteiger partial charge in [-0.2, -0.15) is 13.6 Å². The molecule has 3 aliphatic rings. The number of nitrogens with two attached hydrogens (primary N) is 3. The Kier molecular flexibility index (Phi) is 16.5. The van der Waals surface area contributed by atoms with E-state index in [1.54, 1.807) is 0 Å². The van der Waals surface area contributed by atoms with Gasteiger partial charge in [0.05, 0.1) is 51.5 Å². The summed E-state index contributed by atoms with van der Waals surface area (Å²) in [6.45, 7) is -4.10. The van der Waals surface area contributed by atoms with Crippen molar-refractivity contribution in [2.24, 2.45) is 13.0 Å². The predicted molar refractivity (Wildman–Crippen MR) is 255 cm³/mol. The quantitative estimate of drug-likeness (QED) is 0.0238. The summed E-state index contributed by atoms with van der Waals surface area (Å²) in [5, 5.41) is 35.3. The van der Waals surface area contributed by atoms with Gasteiger partial charge in [-0.3, -0.25) is 46.9 Å². The number of imidazole rings is 3. The maximum atomic E-state index is 13.6. The number of anilines is 3. The first-order valence-corrected chi connectivity index (χ1v) is 28.7. The van der Waals surface area contributed by atoms with Crippen LogP contribution in [-0.2, 0) is 75.7 Å². The number of nitrogens with zero attached hydrogens (tertiary/aromatic N) is 10. The molecule has 3 saturated heterocycles. The van der Waals surface area contributed by atoms with Gasteiger partial charge in [0.15, 0.2) is 41.4 Å². The number of hydrogen-bond acceptors (Lipinski definition) is 31. The van der Waals surface area contributed by atoms with Gasteiger partial charge < -0.3 is 90.1 Å². The molecule has 45 heteroatoms. The van der Waals surface area contributed by atoms with Crippen LogP contribution in [0.25, 0.3) is 33.5 Å². The highest BCUT2D eigenvalue weighted by Gasteiger charge is 2.53. The molecule has 0 spiro atoms. The second-order valence-electron chi connectivity index (χ2n) is 17.5. The van der Waals surface area contributed by atoms with Crippen LogP contribution in [0, 0.1) is 5.92 Å². The molecule has 41 nitrogen and oxygen atoms in total. The molecule has 0 aromatic carbocycles. The van der Waals surface area contributed by atoms with Crippen LogP contribution in [0.15, 0.2) is 34.9 Å². The number of amides is 1. The summed E-state index contributed by atoms with van der Waals surface area (Å²) in [5.74, 6) is -2.07. The van der Waals surface area contributed by atoms with E-state index < -0.39 is 148 Å². The number of alkyl carbamates (subject to hydrolysis) is 1. The van der Waals surface area contributed by atoms with Gasteiger partial charge in [-0.15, -0.1) is 0 Å². The number of carbonyl (C=O) groups is 1. The van der Waals surface area contributed by atoms with Gasteiger partial charge in [0, 0.05) is 14.2 Å². The minimum Gasteiger partial charge on any atom is -0.756 e. The summed E-state index contributed by atoms with van der Waals surface area (Å²) in [7, 11) is -20.2. The SMILES string of the molecule is CNC(=O)OC[C@H]1[C@@H](O)[C@H]([n+]2cn(C)c3c(=O)[nH]c(N)nc32)O[C@@H]1COP(=O)(O)OP(=O)(O)OP(=O)(O)OC[C@H]1O[C@@H](n2cnc3c(N)ncnc32)[C@H](OC)[C@@H]1OP(=O)([O-])OC[C@H]1O[C@@H](n2cnc3c(=O)[nH]c(N)nc32)[C@H](O)[C@@H]1O. The number of methoxy groups -OCH3 is 1. The fourth-order valence-corrected chi connectivity index (χ4v) is 13.3. The van der Waals surface area contributed by atoms with Crippen molar-refractivity contribution in [3.8, 4) is 0 Å². The van der Waals surface area contributed by atoms with Crippen molar-refractivity contribution in [1.29, 1.82) is 0 Å². The van der Waals surface area contributed by atoms with Crippen molar-refractivity contribution in [1.82, 2.24) is 58.9 Å². The fraction of sp³-hybridized carbons (Fsp3) is 0.543. The lowest BCUT2D eigenvalue weighted by Gasteiger charge is -2.31. The van der Waals surface area contributed by atoms with Crippen molar-refractivity contribution >= 4 is 88.6 Å². The lowest BCUT2D eigenvalue weighted by atomic mass is 9.99. The number of phosphoric ester groups is 3. The molecule has 9 rings (SSSR count). The minimum absolute atomic E-state index is 0.0158. The van der Waals surface area contributed by atoms with E-state index in [2.05, 4.69) is 53.8 Å². The number of aliphatic hydroxyl groups excluding tert-OH is 3. The van der Waals surface area contributed by atoms with E-state index in [0.717, 1.165) is 30.7 Å². The number of nitrogen functional groups attached to an aromatic ring is 3. The summed E-state index contributed by atoms with van der Waals surface area (Å²) < 4.78 is 115. The molecule has 6 aromatic heterocycles. The Morgan fingerprint density at radius 3 is 2.05 bits per heavy atom. The lowest BCUT2D eigenvalue weighted by Crippen LogP contribution is -2.45. The monoisotopic (exact) mass is 1220 g/mol. The zero-order valence-electron chi connectivity index (χ0n) is 41.0. The number of carbonyl (C=O) groups excluding carboxylic acids is 1. The van der Waals surface area contributed by atoms with Crippen LogP contribution >= 0.6 is 31.3 Å². The second kappa shape index (κ2) is 22.5. The molecule has 9 heterocycles. The van der Waals surface area contributed by atoms with Crippen molar-refractivity contribution in [3.05, 3.63) is 46.0 Å². The average Bonchev–Trinajstić information content (AvgIpc) is 4.23. The number of hydrogen-bond donors (Lipinski definition) is 12. The van der Waals surface area contributed by atoms with Crippen molar-refractivity contribution < 1.29 is 113 Å². The zero-order chi connectivity index (χ0) is 58.0. The number of ether oxygens (including phenoxy) is 5. The molecule has 15 N–H and O–H groups in total. The van der Waals surface area contributed by atoms with Crippen molar-refractivity contribution in [2.45, 2.75) is 67.5 Å². The maximum Gasteiger partial charge on any atom is 0.490 e. The summed E-state index contributed by atoms with van der Waals surface area (Å²) in [4.78, 5) is 111. The van der Waals surface area contributed by atoms with E-state index >= 15 is 0 Å². The maximum absolute atomic E-state index is 13.6. The summed E-state index contributed by atoms with van der Waals surface area (Å²) in [5.41, 5.74) is 15.4. The number of H-pyrrole nitrogens is 2. The molecule has 80 heavy (non-hydrogen) atoms. The van der Waals surface area contributed by atoms with Crippen molar-refractivity contribution in [2.75, 3.05) is 57.8 Å². The van der Waals surface area contributed by atoms with Crippen LogP contribution in [0.3, 0.4) is 0 Å². The molecule has 4 unspecified atom stereocenters. The molecule has 0 aliphatic carbocycles. The molecule has 16 atom stereocenters. The Hall–Kier alpha value is -5.84. The van der Waals surface area contributed by atoms with Gasteiger partial charge in [-0.05, 0) is 0 Å². The van der Waals surface area contributed by atoms with E-state index in [9.17, 15) is 67.5 Å². The number of rotatable bonds is 21. The molecule has 6 aromatic rings. The van der Waals surface area contributed by atoms with E-state index in [4.69, 9.17) is 59.0 Å². The minimum atomic E-state index is -6.26. The zero-order valence-corrected chi connectivity index (χ0v) is 44.6. The normalized spacial score (nSPS) is 29.2. The van der Waals surface area contributed by atoms with Gasteiger partial charge in [-0.25, -0.2) is 43.0 Å². The number of aryl methyl sites for hydroxylation is 1. The molecule has 438 valence electrons. The number of aromatic nitrogens is 12. The van der Waals surface area contributed by atoms with Crippen LogP contribution in [0.1, 0.15) is 18.7 Å². The number of aromatic amines is 2. The molecule has 3 aliphatic heterocycles. The van der Waals surface area contributed by atoms with Gasteiger partial charge in [-0.1, -0.05) is 4.98 Å². The third-order valence-electron chi connectivity index (χ3n) is 12.3. The summed E-state index contributed by atoms with van der Waals surface area (Å²) in [6.07, 6.45) is -15.0. The Bertz CT molecular complexity index is 3640. The third kappa shape index (κ3) is 12.0. The molecule has 3 fully saturated rings. The van der Waals surface area contributed by atoms with E-state index in [-0.39, 0.29) is 51.2 Å². The average molecular weight is 1220 g/mol. The highest BCUT2D eigenvalue weighted by molar-refractivity contribution is 7.66. The van der Waals surface area contributed by atoms with Crippen LogP contribution in [-0.4, -0.2) is 179 Å². The number of aliphatic hydroxyl groups is 3. The second-order valence-corrected chi connectivity index (χ2v) is 23.5. The van der Waals surface area contributed by atoms with Gasteiger partial charge in [0.2, 0.25) is 17.7 Å². The molecular formula is C35H48N16O25P4. The Morgan fingerprint density at radius 1 is 0.762 bits per heavy atom. The Balaban J connectivity index is 0.876. The van der Waals surface area contributed by atoms with Crippen LogP contribution in [0.5, 0.6) is 0 Å². The third-order valence-corrected chi connectivity index (χ3v) is 17.6. The van der Waals surface area contributed by atoms with Gasteiger partial charge in [0.1, 0.15) is 61.2 Å². The standard InChI is InChI=1S/C35H48N16O25P4/c1-39-35(57)67-4-12-13(71-30(19(12)52)51-11-48(2)18-27(51)45-34(38)47-29(18)56)5-69-78(60,61)75-80(64,65)76-79(62,63)70-7-15-22(23(66-3)32(73-15)49-9-42-16-24(36)40-8-41-25(16)49)74-77(58,59)68-6-14-20(53)21(54)31(72-14)50-10-43-17-26(50)44-33(37)46-28(17)55/h8-15,19-23,30-32,52-54H,4-7H2,1-3H3,(H12-,36,37,38,39,40,41,44,45,46,47,55,56,57,58,59,60,61,62,63,64,65)/t12-,13-,14-,15-,19-,20-,21-,22-,23-,30-,31-,32-/m1/s1. The number of nitrogens with one attached hydrogen (secondary N) is 3. The molecule has 1 amide bonds. The van der Waals surface area contributed by atoms with Crippen LogP contribution in [0.2, 0.25) is 0 Å². The number of fused-ring (bicyclic) bond motifs is 3. The Labute approximate surface area is 443 Å². The van der Waals surface area contributed by atoms with Crippen LogP contribution < -0.4 is 43.1 Å². The molecular weight excluding hydrogens is 1170 g/mol. The fourth-order valence-electron chi connectivity index (χ4n) is 8.82. The highest BCUT2D eigenvalue weighted by atomic mass is 31.3.